The minimum absolute atomic E-state index is 0.800. The van der Waals surface area contributed by atoms with Crippen molar-refractivity contribution in [3.63, 3.8) is 0 Å². The zero-order valence-corrected chi connectivity index (χ0v) is 8.88. The molecule has 0 spiro atoms. The third kappa shape index (κ3) is 10.2. The Hall–Kier alpha value is 0.160. The van der Waals surface area contributed by atoms with Gasteiger partial charge in [0.25, 0.3) is 0 Å². The van der Waals surface area contributed by atoms with Gasteiger partial charge >= 0.3 is 8.25 Å². The molecule has 0 saturated carbocycles. The second-order valence-electron chi connectivity index (χ2n) is 1.36. The first-order valence-corrected chi connectivity index (χ1v) is 5.80. The minimum Gasteiger partial charge on any atom is -0.750 e. The van der Waals surface area contributed by atoms with Crippen molar-refractivity contribution in [2.24, 2.45) is 0 Å². The molecular weight excluding hydrogens is 263 g/mol. The minimum atomic E-state index is -2.78. The Morgan fingerprint density at radius 2 is 1.36 bits per heavy atom. The molecule has 0 fully saturated rings. The lowest BCUT2D eigenvalue weighted by Gasteiger charge is -2.01. The maximum absolute atomic E-state index is 10.5. The van der Waals surface area contributed by atoms with Crippen LogP contribution in [-0.4, -0.2) is 31.1 Å². The van der Waals surface area contributed by atoms with Gasteiger partial charge in [-0.1, -0.05) is 9.05 Å². The van der Waals surface area contributed by atoms with Crippen LogP contribution in [0.25, 0.3) is 0 Å². The summed E-state index contributed by atoms with van der Waals surface area (Å²) in [5.74, 6) is 0. The predicted octanol–water partition coefficient (Wildman–Crippen LogP) is -0.787. The van der Waals surface area contributed by atoms with E-state index in [-0.39, 0.29) is 0 Å². The smallest absolute Gasteiger partial charge is 0.702 e. The Kier molecular flexibility index (Phi) is 8.56. The lowest BCUT2D eigenvalue weighted by molar-refractivity contribution is 0.0729. The van der Waals surface area contributed by atoms with E-state index in [2.05, 4.69) is 17.4 Å². The number of hydrogen-bond donors (Lipinski definition) is 0. The largest absolute Gasteiger partial charge is 0.750 e. The fourth-order valence-electron chi connectivity index (χ4n) is 0.245. The Morgan fingerprint density at radius 1 is 1.00 bits per heavy atom. The van der Waals surface area contributed by atoms with Gasteiger partial charge in [0.1, 0.15) is 0 Å². The Labute approximate surface area is 84.6 Å². The molecule has 12 heteroatoms. The van der Waals surface area contributed by atoms with Crippen LogP contribution >= 0.6 is 8.25 Å². The van der Waals surface area contributed by atoms with Gasteiger partial charge in [-0.2, -0.15) is 0 Å². The summed E-state index contributed by atoms with van der Waals surface area (Å²) >= 11 is -5.57. The number of rotatable bonds is 8. The zero-order chi connectivity index (χ0) is 11.0. The van der Waals surface area contributed by atoms with Gasteiger partial charge in [0.15, 0.2) is 0 Å². The molecule has 0 saturated heterocycles. The molecule has 2 unspecified atom stereocenters. The van der Waals surface area contributed by atoms with Crippen molar-refractivity contribution < 1.29 is 39.5 Å². The summed E-state index contributed by atoms with van der Waals surface area (Å²) in [6.07, 6.45) is 0. The lowest BCUT2D eigenvalue weighted by atomic mass is 11.6. The van der Waals surface area contributed by atoms with Crippen molar-refractivity contribution in [2.45, 2.75) is 0 Å². The molecule has 2 atom stereocenters. The molecule has 84 valence electrons. The molecule has 0 aromatic carbocycles. The zero-order valence-electron chi connectivity index (χ0n) is 6.35. The molecule has 0 radical (unpaired) electrons. The van der Waals surface area contributed by atoms with Gasteiger partial charge in [-0.3, -0.25) is 8.37 Å². The molecule has 0 N–H and O–H groups in total. The first-order chi connectivity index (χ1) is 6.52. The van der Waals surface area contributed by atoms with Crippen LogP contribution in [0.2, 0.25) is 0 Å². The summed E-state index contributed by atoms with van der Waals surface area (Å²) in [6, 6.07) is 0. The van der Waals surface area contributed by atoms with Gasteiger partial charge in [-0.25, -0.2) is 8.42 Å². The Balaban J connectivity index is 3.37. The molecule has 0 aliphatic heterocycles. The van der Waals surface area contributed by atoms with Gasteiger partial charge in [-0.05, 0) is 0 Å². The van der Waals surface area contributed by atoms with Crippen molar-refractivity contribution in [2.75, 3.05) is 13.6 Å². The molecule has 0 aromatic heterocycles. The highest BCUT2D eigenvalue weighted by molar-refractivity contribution is 7.74. The van der Waals surface area contributed by atoms with Crippen LogP contribution in [0.4, 0.5) is 0 Å². The SMILES string of the molecule is O=[P+](OCOS(=O)[O-])OCOS(=O)[O-]. The molecule has 0 bridgehead atoms. The fraction of sp³-hybridized carbons (Fsp3) is 1.00. The van der Waals surface area contributed by atoms with E-state index in [0.717, 1.165) is 0 Å². The van der Waals surface area contributed by atoms with Crippen LogP contribution in [0.1, 0.15) is 0 Å². The van der Waals surface area contributed by atoms with Crippen LogP contribution in [-0.2, 0) is 44.7 Å². The summed E-state index contributed by atoms with van der Waals surface area (Å²) in [6.45, 7) is -1.60. The van der Waals surface area contributed by atoms with Crippen LogP contribution in [0, 0.1) is 0 Å². The van der Waals surface area contributed by atoms with E-state index in [1.165, 1.54) is 0 Å². The molecule has 0 aromatic rings. The highest BCUT2D eigenvalue weighted by atomic mass is 32.2. The fourth-order valence-corrected chi connectivity index (χ4v) is 0.993. The summed E-state index contributed by atoms with van der Waals surface area (Å²) in [5, 5.41) is 0. The van der Waals surface area contributed by atoms with Gasteiger partial charge in [-0.15, -0.1) is 0 Å². The molecule has 0 aliphatic rings. The van der Waals surface area contributed by atoms with E-state index < -0.39 is 44.6 Å². The summed E-state index contributed by atoms with van der Waals surface area (Å²) in [4.78, 5) is 0. The lowest BCUT2D eigenvalue weighted by Crippen LogP contribution is -2.01. The van der Waals surface area contributed by atoms with E-state index in [1.807, 2.05) is 0 Å². The second kappa shape index (κ2) is 8.47. The van der Waals surface area contributed by atoms with Gasteiger partial charge < -0.3 is 9.11 Å². The summed E-state index contributed by atoms with van der Waals surface area (Å²) < 4.78 is 65.4. The number of hydrogen-bond acceptors (Lipinski definition) is 9. The van der Waals surface area contributed by atoms with E-state index in [9.17, 15) is 22.1 Å². The average molecular weight is 267 g/mol. The molecular formula is C2H4O9PS2-. The molecule has 0 aliphatic carbocycles. The van der Waals surface area contributed by atoms with Crippen molar-refractivity contribution in [3.8, 4) is 0 Å². The van der Waals surface area contributed by atoms with E-state index in [1.54, 1.807) is 0 Å². The van der Waals surface area contributed by atoms with Crippen molar-refractivity contribution >= 4 is 31.0 Å². The molecule has 0 rings (SSSR count). The second-order valence-corrected chi connectivity index (χ2v) is 3.61. The van der Waals surface area contributed by atoms with Crippen molar-refractivity contribution in [3.05, 3.63) is 0 Å². The van der Waals surface area contributed by atoms with Crippen LogP contribution < -0.4 is 0 Å². The van der Waals surface area contributed by atoms with E-state index in [0.29, 0.717) is 0 Å². The quantitative estimate of drug-likeness (QED) is 0.315. The first kappa shape index (κ1) is 14.2. The van der Waals surface area contributed by atoms with Crippen LogP contribution in [0.15, 0.2) is 0 Å². The maximum atomic E-state index is 10.5. The Morgan fingerprint density at radius 3 is 1.64 bits per heavy atom. The highest BCUT2D eigenvalue weighted by Gasteiger charge is 2.20. The topological polar surface area (TPSA) is 134 Å². The van der Waals surface area contributed by atoms with Crippen molar-refractivity contribution in [1.29, 1.82) is 0 Å². The van der Waals surface area contributed by atoms with Crippen molar-refractivity contribution in [1.82, 2.24) is 0 Å². The summed E-state index contributed by atoms with van der Waals surface area (Å²) in [5.41, 5.74) is 0. The van der Waals surface area contributed by atoms with E-state index in [4.69, 9.17) is 0 Å². The van der Waals surface area contributed by atoms with Gasteiger partial charge in [0, 0.05) is 4.57 Å². The van der Waals surface area contributed by atoms with Gasteiger partial charge in [0.2, 0.25) is 13.6 Å². The van der Waals surface area contributed by atoms with Crippen LogP contribution in [0.3, 0.4) is 0 Å². The molecule has 9 nitrogen and oxygen atoms in total. The monoisotopic (exact) mass is 267 g/mol. The highest BCUT2D eigenvalue weighted by Crippen LogP contribution is 2.23. The molecule has 14 heavy (non-hydrogen) atoms. The third-order valence-corrected chi connectivity index (χ3v) is 1.81. The maximum Gasteiger partial charge on any atom is 0.702 e. The predicted molar refractivity (Wildman–Crippen MR) is 39.5 cm³/mol. The van der Waals surface area contributed by atoms with Crippen LogP contribution in [0.5, 0.6) is 0 Å². The van der Waals surface area contributed by atoms with Gasteiger partial charge in [0.05, 0.1) is 22.7 Å². The molecule has 0 heterocycles. The third-order valence-electron chi connectivity index (χ3n) is 0.605. The Bertz CT molecular complexity index is 207. The molecule has 0 amide bonds. The standard InChI is InChI=1S/C2H5O9PS2/c3-12(8-1-10-13(4)5)9-2-11-14(6)7/h1-2H2,(H-,4,5,6,7)/p-1. The normalized spacial score (nSPS) is 16.3. The average Bonchev–Trinajstić information content (AvgIpc) is 2.02. The summed E-state index contributed by atoms with van der Waals surface area (Å²) in [7, 11) is -2.69. The van der Waals surface area contributed by atoms with E-state index >= 15 is 0 Å². The first-order valence-electron chi connectivity index (χ1n) is 2.70.